The van der Waals surface area contributed by atoms with Crippen LogP contribution < -0.4 is 0 Å². The molecule has 76 valence electrons. The second kappa shape index (κ2) is 4.24. The molecule has 1 unspecified atom stereocenters. The zero-order chi connectivity index (χ0) is 9.97. The summed E-state index contributed by atoms with van der Waals surface area (Å²) in [5.74, 6) is 0. The summed E-state index contributed by atoms with van der Waals surface area (Å²) in [6.45, 7) is 1.20. The maximum absolute atomic E-state index is 5.67. The second-order valence-electron chi connectivity index (χ2n) is 3.83. The number of halogens is 1. The van der Waals surface area contributed by atoms with Gasteiger partial charge in [0.1, 0.15) is 0 Å². The van der Waals surface area contributed by atoms with Gasteiger partial charge in [-0.15, -0.1) is 5.10 Å². The van der Waals surface area contributed by atoms with Gasteiger partial charge in [-0.2, -0.15) is 5.10 Å². The van der Waals surface area contributed by atoms with E-state index in [0.717, 1.165) is 12.1 Å². The number of rotatable bonds is 2. The fourth-order valence-corrected chi connectivity index (χ4v) is 2.03. The van der Waals surface area contributed by atoms with Crippen LogP contribution in [-0.4, -0.2) is 34.7 Å². The Bertz CT molecular complexity index is 299. The Morgan fingerprint density at radius 2 is 2.36 bits per heavy atom. The molecule has 0 amide bonds. The average Bonchev–Trinajstić information content (AvgIpc) is 2.56. The Labute approximate surface area is 89.1 Å². The van der Waals surface area contributed by atoms with Gasteiger partial charge in [0.15, 0.2) is 5.15 Å². The normalized spacial score (nSPS) is 22.9. The number of hydrogen-bond donors (Lipinski definition) is 0. The molecule has 14 heavy (non-hydrogen) atoms. The van der Waals surface area contributed by atoms with Crippen molar-refractivity contribution in [2.75, 3.05) is 13.6 Å². The zero-order valence-electron chi connectivity index (χ0n) is 8.28. The van der Waals surface area contributed by atoms with Crippen molar-refractivity contribution in [2.45, 2.75) is 25.3 Å². The summed E-state index contributed by atoms with van der Waals surface area (Å²) in [4.78, 5) is 2.39. The average molecular weight is 212 g/mol. The lowest BCUT2D eigenvalue weighted by atomic mass is 10.1. The van der Waals surface area contributed by atoms with Crippen LogP contribution in [-0.2, 0) is 6.42 Å². The third-order valence-electron chi connectivity index (χ3n) is 2.80. The van der Waals surface area contributed by atoms with Gasteiger partial charge >= 0.3 is 0 Å². The number of likely N-dealkylation sites (tertiary alicyclic amines) is 1. The molecule has 0 spiro atoms. The van der Waals surface area contributed by atoms with E-state index < -0.39 is 0 Å². The molecule has 1 aromatic heterocycles. The zero-order valence-corrected chi connectivity index (χ0v) is 9.04. The van der Waals surface area contributed by atoms with Gasteiger partial charge in [0.25, 0.3) is 0 Å². The lowest BCUT2D eigenvalue weighted by Crippen LogP contribution is -2.27. The van der Waals surface area contributed by atoms with Crippen LogP contribution in [0, 0.1) is 0 Å². The highest BCUT2D eigenvalue weighted by molar-refractivity contribution is 6.29. The minimum Gasteiger partial charge on any atom is -0.303 e. The van der Waals surface area contributed by atoms with E-state index >= 15 is 0 Å². The van der Waals surface area contributed by atoms with Gasteiger partial charge in [0.2, 0.25) is 0 Å². The maximum Gasteiger partial charge on any atom is 0.151 e. The number of nitrogens with zero attached hydrogens (tertiary/aromatic N) is 3. The van der Waals surface area contributed by atoms with Crippen molar-refractivity contribution in [2.24, 2.45) is 0 Å². The van der Waals surface area contributed by atoms with Crippen LogP contribution in [0.4, 0.5) is 0 Å². The first-order chi connectivity index (χ1) is 6.75. The molecule has 1 atom stereocenters. The highest BCUT2D eigenvalue weighted by Crippen LogP contribution is 2.18. The van der Waals surface area contributed by atoms with Crippen molar-refractivity contribution in [3.8, 4) is 0 Å². The van der Waals surface area contributed by atoms with Crippen LogP contribution in [0.3, 0.4) is 0 Å². The van der Waals surface area contributed by atoms with Crippen LogP contribution >= 0.6 is 11.6 Å². The Kier molecular flexibility index (Phi) is 2.99. The molecular weight excluding hydrogens is 198 g/mol. The van der Waals surface area contributed by atoms with Crippen molar-refractivity contribution >= 4 is 11.6 Å². The monoisotopic (exact) mass is 211 g/mol. The summed E-state index contributed by atoms with van der Waals surface area (Å²) in [6, 6.07) is 4.39. The van der Waals surface area contributed by atoms with Gasteiger partial charge in [-0.05, 0) is 38.6 Å². The van der Waals surface area contributed by atoms with E-state index in [4.69, 9.17) is 11.6 Å². The van der Waals surface area contributed by atoms with E-state index in [-0.39, 0.29) is 0 Å². The fraction of sp³-hybridized carbons (Fsp3) is 0.600. The molecule has 0 bridgehead atoms. The lowest BCUT2D eigenvalue weighted by Gasteiger charge is -2.18. The summed E-state index contributed by atoms with van der Waals surface area (Å²) >= 11 is 5.67. The minimum absolute atomic E-state index is 0.466. The van der Waals surface area contributed by atoms with E-state index in [1.54, 1.807) is 6.07 Å². The molecule has 0 aromatic carbocycles. The standard InChI is InChI=1S/C10H14ClN3/c1-14-6-2-3-9(14)7-8-4-5-10(11)13-12-8/h4-5,9H,2-3,6-7H2,1H3. The molecule has 4 heteroatoms. The van der Waals surface area contributed by atoms with Gasteiger partial charge in [-0.1, -0.05) is 11.6 Å². The van der Waals surface area contributed by atoms with Crippen molar-refractivity contribution in [3.05, 3.63) is 23.0 Å². The molecule has 1 aromatic rings. The van der Waals surface area contributed by atoms with Gasteiger partial charge in [-0.3, -0.25) is 0 Å². The summed E-state index contributed by atoms with van der Waals surface area (Å²) < 4.78 is 0. The molecule has 0 N–H and O–H groups in total. The molecule has 1 saturated heterocycles. The predicted octanol–water partition coefficient (Wildman–Crippen LogP) is 1.77. The third-order valence-corrected chi connectivity index (χ3v) is 3.01. The molecule has 2 heterocycles. The SMILES string of the molecule is CN1CCCC1Cc1ccc(Cl)nn1. The minimum atomic E-state index is 0.466. The second-order valence-corrected chi connectivity index (χ2v) is 4.22. The number of likely N-dealkylation sites (N-methyl/N-ethyl adjacent to an activating group) is 1. The smallest absolute Gasteiger partial charge is 0.151 e. The van der Waals surface area contributed by atoms with Gasteiger partial charge in [-0.25, -0.2) is 0 Å². The highest BCUT2D eigenvalue weighted by Gasteiger charge is 2.21. The topological polar surface area (TPSA) is 29.0 Å². The number of aromatic nitrogens is 2. The highest BCUT2D eigenvalue weighted by atomic mass is 35.5. The first-order valence-electron chi connectivity index (χ1n) is 4.94. The van der Waals surface area contributed by atoms with E-state index in [9.17, 15) is 0 Å². The van der Waals surface area contributed by atoms with Crippen molar-refractivity contribution in [3.63, 3.8) is 0 Å². The van der Waals surface area contributed by atoms with Gasteiger partial charge in [0, 0.05) is 12.5 Å². The Morgan fingerprint density at radius 1 is 1.50 bits per heavy atom. The first-order valence-corrected chi connectivity index (χ1v) is 5.32. The van der Waals surface area contributed by atoms with Crippen LogP contribution in [0.25, 0.3) is 0 Å². The predicted molar refractivity (Wildman–Crippen MR) is 56.4 cm³/mol. The third kappa shape index (κ3) is 2.22. The lowest BCUT2D eigenvalue weighted by molar-refractivity contribution is 0.307. The summed E-state index contributed by atoms with van der Waals surface area (Å²) in [7, 11) is 2.17. The molecule has 0 saturated carbocycles. The summed E-state index contributed by atoms with van der Waals surface area (Å²) in [5, 5.41) is 8.38. The first kappa shape index (κ1) is 9.87. The van der Waals surface area contributed by atoms with Crippen LogP contribution in [0.15, 0.2) is 12.1 Å². The Hall–Kier alpha value is -0.670. The molecule has 3 nitrogen and oxygen atoms in total. The molecule has 0 radical (unpaired) electrons. The van der Waals surface area contributed by atoms with E-state index in [1.807, 2.05) is 6.07 Å². The van der Waals surface area contributed by atoms with E-state index in [2.05, 4.69) is 22.1 Å². The number of hydrogen-bond acceptors (Lipinski definition) is 3. The Morgan fingerprint density at radius 3 is 2.93 bits per heavy atom. The fourth-order valence-electron chi connectivity index (χ4n) is 1.93. The molecule has 1 aliphatic rings. The van der Waals surface area contributed by atoms with Crippen LogP contribution in [0.1, 0.15) is 18.5 Å². The maximum atomic E-state index is 5.67. The quantitative estimate of drug-likeness (QED) is 0.747. The summed E-state index contributed by atoms with van der Waals surface area (Å²) in [6.07, 6.45) is 3.55. The van der Waals surface area contributed by atoms with Gasteiger partial charge < -0.3 is 4.90 Å². The molecule has 0 aliphatic carbocycles. The van der Waals surface area contributed by atoms with E-state index in [0.29, 0.717) is 11.2 Å². The molecule has 1 aliphatic heterocycles. The van der Waals surface area contributed by atoms with Gasteiger partial charge in [0.05, 0.1) is 5.69 Å². The summed E-state index contributed by atoms with van der Waals surface area (Å²) in [5.41, 5.74) is 1.04. The molecule has 1 fully saturated rings. The molecular formula is C10H14ClN3. The van der Waals surface area contributed by atoms with Crippen molar-refractivity contribution < 1.29 is 0 Å². The largest absolute Gasteiger partial charge is 0.303 e. The van der Waals surface area contributed by atoms with Crippen LogP contribution in [0.2, 0.25) is 5.15 Å². The van der Waals surface area contributed by atoms with E-state index in [1.165, 1.54) is 19.4 Å². The van der Waals surface area contributed by atoms with Crippen molar-refractivity contribution in [1.29, 1.82) is 0 Å². The Balaban J connectivity index is 2.00. The van der Waals surface area contributed by atoms with Crippen LogP contribution in [0.5, 0.6) is 0 Å². The van der Waals surface area contributed by atoms with Crippen molar-refractivity contribution in [1.82, 2.24) is 15.1 Å². The molecule has 2 rings (SSSR count).